The molecule has 0 amide bonds. The van der Waals surface area contributed by atoms with Crippen LogP contribution in [0.3, 0.4) is 0 Å². The van der Waals surface area contributed by atoms with E-state index in [-0.39, 0.29) is 11.1 Å². The summed E-state index contributed by atoms with van der Waals surface area (Å²) >= 11 is 1.49. The molecule has 2 rings (SSSR count). The van der Waals surface area contributed by atoms with Crippen LogP contribution in [0.15, 0.2) is 23.4 Å². The van der Waals surface area contributed by atoms with E-state index in [2.05, 4.69) is 20.0 Å². The van der Waals surface area contributed by atoms with Gasteiger partial charge in [0.05, 0.1) is 22.4 Å². The maximum atomic E-state index is 12.5. The minimum absolute atomic E-state index is 0.00163. The van der Waals surface area contributed by atoms with E-state index in [4.69, 9.17) is 0 Å². The number of nitrogens with zero attached hydrogens (tertiary/aromatic N) is 2. The third-order valence-corrected chi connectivity index (χ3v) is 5.71. The van der Waals surface area contributed by atoms with Gasteiger partial charge in [-0.25, -0.2) is 23.1 Å². The standard InChI is InChI=1S/C13H18N4O2S2/c1-8-12(20-10(3)16-8)9(2)17-21(18,19)13-11(14-4)6-5-7-15-13/h5-7,9,14,17H,1-4H3. The second kappa shape index (κ2) is 6.08. The van der Waals surface area contributed by atoms with Crippen LogP contribution in [0, 0.1) is 13.8 Å². The molecule has 0 radical (unpaired) electrons. The van der Waals surface area contributed by atoms with Gasteiger partial charge in [-0.15, -0.1) is 11.3 Å². The fourth-order valence-corrected chi connectivity index (χ4v) is 4.44. The molecule has 0 spiro atoms. The van der Waals surface area contributed by atoms with Crippen molar-refractivity contribution in [3.63, 3.8) is 0 Å². The van der Waals surface area contributed by atoms with Crippen LogP contribution in [0.1, 0.15) is 28.5 Å². The first kappa shape index (κ1) is 15.9. The van der Waals surface area contributed by atoms with Crippen LogP contribution in [0.25, 0.3) is 0 Å². The normalized spacial score (nSPS) is 13.1. The number of aromatic nitrogens is 2. The maximum Gasteiger partial charge on any atom is 0.260 e. The van der Waals surface area contributed by atoms with Crippen LogP contribution in [-0.2, 0) is 10.0 Å². The lowest BCUT2D eigenvalue weighted by Crippen LogP contribution is -2.28. The molecule has 2 aromatic heterocycles. The molecule has 0 aliphatic heterocycles. The lowest BCUT2D eigenvalue weighted by molar-refractivity contribution is 0.564. The molecule has 0 fully saturated rings. The zero-order valence-electron chi connectivity index (χ0n) is 12.3. The highest BCUT2D eigenvalue weighted by atomic mass is 32.2. The SMILES string of the molecule is CNc1cccnc1S(=O)(=O)NC(C)c1sc(C)nc1C. The number of pyridine rings is 1. The van der Waals surface area contributed by atoms with Crippen molar-refractivity contribution in [2.45, 2.75) is 31.8 Å². The number of aryl methyl sites for hydroxylation is 2. The third-order valence-electron chi connectivity index (χ3n) is 2.96. The first-order valence-electron chi connectivity index (χ1n) is 6.44. The molecule has 8 heteroatoms. The smallest absolute Gasteiger partial charge is 0.260 e. The number of sulfonamides is 1. The summed E-state index contributed by atoms with van der Waals surface area (Å²) in [6.45, 7) is 5.59. The number of hydrogen-bond donors (Lipinski definition) is 2. The molecule has 0 saturated heterocycles. The van der Waals surface area contributed by atoms with E-state index in [1.54, 1.807) is 26.1 Å². The second-order valence-electron chi connectivity index (χ2n) is 4.63. The quantitative estimate of drug-likeness (QED) is 0.880. The van der Waals surface area contributed by atoms with Gasteiger partial charge in [0.1, 0.15) is 0 Å². The fourth-order valence-electron chi connectivity index (χ4n) is 2.09. The van der Waals surface area contributed by atoms with E-state index >= 15 is 0 Å². The van der Waals surface area contributed by atoms with Gasteiger partial charge >= 0.3 is 0 Å². The summed E-state index contributed by atoms with van der Waals surface area (Å²) in [5.74, 6) is 0. The number of rotatable bonds is 5. The topological polar surface area (TPSA) is 84.0 Å². The molecule has 0 saturated carbocycles. The summed E-state index contributed by atoms with van der Waals surface area (Å²) in [6, 6.07) is 3.01. The molecule has 2 aromatic rings. The summed E-state index contributed by atoms with van der Waals surface area (Å²) in [5, 5.41) is 3.76. The van der Waals surface area contributed by atoms with E-state index < -0.39 is 10.0 Å². The predicted molar refractivity (Wildman–Crippen MR) is 84.1 cm³/mol. The molecule has 0 aromatic carbocycles. The summed E-state index contributed by atoms with van der Waals surface area (Å²) in [6.07, 6.45) is 1.46. The number of anilines is 1. The largest absolute Gasteiger partial charge is 0.386 e. The highest BCUT2D eigenvalue weighted by Crippen LogP contribution is 2.26. The van der Waals surface area contributed by atoms with Crippen molar-refractivity contribution in [1.29, 1.82) is 0 Å². The Kier molecular flexibility index (Phi) is 4.60. The Hall–Kier alpha value is -1.51. The summed E-state index contributed by atoms with van der Waals surface area (Å²) in [7, 11) is -2.04. The lowest BCUT2D eigenvalue weighted by Gasteiger charge is -2.14. The number of nitrogens with one attached hydrogen (secondary N) is 2. The summed E-state index contributed by atoms with van der Waals surface area (Å²) in [5.41, 5.74) is 1.32. The predicted octanol–water partition coefficient (Wildman–Crippen LogP) is 2.24. The highest BCUT2D eigenvalue weighted by Gasteiger charge is 2.24. The zero-order valence-corrected chi connectivity index (χ0v) is 14.0. The van der Waals surface area contributed by atoms with Gasteiger partial charge < -0.3 is 5.32 Å². The van der Waals surface area contributed by atoms with Gasteiger partial charge in [-0.3, -0.25) is 0 Å². The van der Waals surface area contributed by atoms with Crippen LogP contribution in [0.4, 0.5) is 5.69 Å². The molecule has 0 aliphatic carbocycles. The second-order valence-corrected chi connectivity index (χ2v) is 7.50. The Morgan fingerprint density at radius 1 is 1.33 bits per heavy atom. The molecule has 0 aliphatic rings. The Morgan fingerprint density at radius 3 is 2.62 bits per heavy atom. The van der Waals surface area contributed by atoms with E-state index in [9.17, 15) is 8.42 Å². The average molecular weight is 326 g/mol. The molecule has 1 unspecified atom stereocenters. The van der Waals surface area contributed by atoms with Crippen molar-refractivity contribution in [3.05, 3.63) is 33.9 Å². The molecule has 1 atom stereocenters. The Balaban J connectivity index is 2.31. The first-order chi connectivity index (χ1) is 9.85. The van der Waals surface area contributed by atoms with E-state index in [0.29, 0.717) is 5.69 Å². The van der Waals surface area contributed by atoms with Crippen LogP contribution in [0.2, 0.25) is 0 Å². The molecule has 0 bridgehead atoms. The monoisotopic (exact) mass is 326 g/mol. The van der Waals surface area contributed by atoms with Gasteiger partial charge in [-0.05, 0) is 32.9 Å². The number of hydrogen-bond acceptors (Lipinski definition) is 6. The van der Waals surface area contributed by atoms with Gasteiger partial charge in [0, 0.05) is 18.1 Å². The Bertz CT molecular complexity index is 740. The average Bonchev–Trinajstić information content (AvgIpc) is 2.77. The molecule has 2 heterocycles. The van der Waals surface area contributed by atoms with Gasteiger partial charge in [-0.1, -0.05) is 0 Å². The van der Waals surface area contributed by atoms with Crippen molar-refractivity contribution in [2.24, 2.45) is 0 Å². The Labute approximate surface area is 128 Å². The van der Waals surface area contributed by atoms with E-state index in [1.165, 1.54) is 17.5 Å². The van der Waals surface area contributed by atoms with Gasteiger partial charge in [0.15, 0.2) is 5.03 Å². The summed E-state index contributed by atoms with van der Waals surface area (Å²) in [4.78, 5) is 9.21. The molecular weight excluding hydrogens is 308 g/mol. The molecular formula is C13H18N4O2S2. The van der Waals surface area contributed by atoms with Crippen LogP contribution in [0.5, 0.6) is 0 Å². The highest BCUT2D eigenvalue weighted by molar-refractivity contribution is 7.89. The van der Waals surface area contributed by atoms with E-state index in [1.807, 2.05) is 13.8 Å². The van der Waals surface area contributed by atoms with Crippen molar-refractivity contribution >= 4 is 27.0 Å². The lowest BCUT2D eigenvalue weighted by atomic mass is 10.2. The molecule has 114 valence electrons. The Morgan fingerprint density at radius 2 is 2.05 bits per heavy atom. The molecule has 6 nitrogen and oxygen atoms in total. The first-order valence-corrected chi connectivity index (χ1v) is 8.74. The van der Waals surface area contributed by atoms with Crippen LogP contribution >= 0.6 is 11.3 Å². The summed E-state index contributed by atoms with van der Waals surface area (Å²) < 4.78 is 27.6. The van der Waals surface area contributed by atoms with Crippen molar-refractivity contribution in [2.75, 3.05) is 12.4 Å². The fraction of sp³-hybridized carbons (Fsp3) is 0.385. The van der Waals surface area contributed by atoms with Crippen molar-refractivity contribution < 1.29 is 8.42 Å². The van der Waals surface area contributed by atoms with E-state index in [0.717, 1.165) is 15.6 Å². The van der Waals surface area contributed by atoms with Gasteiger partial charge in [-0.2, -0.15) is 0 Å². The third kappa shape index (κ3) is 3.39. The van der Waals surface area contributed by atoms with Crippen LogP contribution < -0.4 is 10.0 Å². The van der Waals surface area contributed by atoms with Gasteiger partial charge in [0.25, 0.3) is 10.0 Å². The van der Waals surface area contributed by atoms with Crippen molar-refractivity contribution in [3.8, 4) is 0 Å². The zero-order chi connectivity index (χ0) is 15.6. The van der Waals surface area contributed by atoms with Crippen molar-refractivity contribution in [1.82, 2.24) is 14.7 Å². The minimum atomic E-state index is -3.70. The van der Waals surface area contributed by atoms with Gasteiger partial charge in [0.2, 0.25) is 0 Å². The minimum Gasteiger partial charge on any atom is -0.386 e. The van der Waals surface area contributed by atoms with Crippen LogP contribution in [-0.4, -0.2) is 25.4 Å². The maximum absolute atomic E-state index is 12.5. The number of thiazole rings is 1. The molecule has 21 heavy (non-hydrogen) atoms. The molecule has 2 N–H and O–H groups in total.